The first-order chi connectivity index (χ1) is 13.5. The SMILES string of the molecule is CCOC(=O)CNC(=O)c1ncc(-c2cnn(-c3ccccn3)c2)c(C)c1O. The van der Waals surface area contributed by atoms with Crippen LogP contribution in [0.4, 0.5) is 0 Å². The molecule has 0 atom stereocenters. The maximum absolute atomic E-state index is 12.2. The number of rotatable bonds is 6. The van der Waals surface area contributed by atoms with E-state index in [9.17, 15) is 14.7 Å². The van der Waals surface area contributed by atoms with Gasteiger partial charge in [0.05, 0.1) is 12.8 Å². The Morgan fingerprint density at radius 2 is 2.07 bits per heavy atom. The highest BCUT2D eigenvalue weighted by molar-refractivity contribution is 5.97. The number of aromatic nitrogens is 4. The number of esters is 1. The van der Waals surface area contributed by atoms with E-state index in [0.717, 1.165) is 0 Å². The van der Waals surface area contributed by atoms with Gasteiger partial charge >= 0.3 is 5.97 Å². The Balaban J connectivity index is 1.82. The van der Waals surface area contributed by atoms with Gasteiger partial charge < -0.3 is 15.2 Å². The Morgan fingerprint density at radius 1 is 1.25 bits per heavy atom. The molecule has 0 bridgehead atoms. The molecule has 0 radical (unpaired) electrons. The third-order valence-electron chi connectivity index (χ3n) is 4.00. The van der Waals surface area contributed by atoms with E-state index < -0.39 is 11.9 Å². The number of nitrogens with zero attached hydrogens (tertiary/aromatic N) is 4. The van der Waals surface area contributed by atoms with Gasteiger partial charge in [-0.05, 0) is 26.0 Å². The van der Waals surface area contributed by atoms with Crippen LogP contribution in [0.25, 0.3) is 16.9 Å². The summed E-state index contributed by atoms with van der Waals surface area (Å²) < 4.78 is 6.35. The van der Waals surface area contributed by atoms with Gasteiger partial charge in [-0.2, -0.15) is 5.10 Å². The lowest BCUT2D eigenvalue weighted by Crippen LogP contribution is -2.31. The molecule has 3 aromatic rings. The van der Waals surface area contributed by atoms with E-state index in [1.165, 1.54) is 6.20 Å². The van der Waals surface area contributed by atoms with Crippen LogP contribution in [0.5, 0.6) is 5.75 Å². The molecule has 0 saturated carbocycles. The molecule has 0 unspecified atom stereocenters. The van der Waals surface area contributed by atoms with E-state index in [1.54, 1.807) is 37.1 Å². The van der Waals surface area contributed by atoms with E-state index in [2.05, 4.69) is 20.4 Å². The van der Waals surface area contributed by atoms with Crippen molar-refractivity contribution < 1.29 is 19.4 Å². The maximum atomic E-state index is 12.2. The second-order valence-electron chi connectivity index (χ2n) is 5.84. The van der Waals surface area contributed by atoms with Crippen molar-refractivity contribution in [1.29, 1.82) is 0 Å². The average molecular weight is 381 g/mol. The summed E-state index contributed by atoms with van der Waals surface area (Å²) in [4.78, 5) is 31.8. The van der Waals surface area contributed by atoms with Crippen molar-refractivity contribution in [3.63, 3.8) is 0 Å². The lowest BCUT2D eigenvalue weighted by molar-refractivity contribution is -0.141. The lowest BCUT2D eigenvalue weighted by Gasteiger charge is -2.10. The largest absolute Gasteiger partial charge is 0.505 e. The number of pyridine rings is 2. The Kier molecular flexibility index (Phi) is 5.64. The minimum atomic E-state index is -0.663. The smallest absolute Gasteiger partial charge is 0.325 e. The molecule has 9 heteroatoms. The van der Waals surface area contributed by atoms with Gasteiger partial charge in [0, 0.05) is 35.3 Å². The summed E-state index contributed by atoms with van der Waals surface area (Å²) in [5.74, 6) is -0.835. The highest BCUT2D eigenvalue weighted by atomic mass is 16.5. The van der Waals surface area contributed by atoms with E-state index in [-0.39, 0.29) is 24.6 Å². The second kappa shape index (κ2) is 8.30. The number of amides is 1. The third kappa shape index (κ3) is 3.98. The molecule has 0 aliphatic heterocycles. The van der Waals surface area contributed by atoms with Crippen LogP contribution in [0.2, 0.25) is 0 Å². The molecule has 3 aromatic heterocycles. The molecule has 0 aliphatic carbocycles. The number of carbonyl (C=O) groups excluding carboxylic acids is 2. The van der Waals surface area contributed by atoms with Crippen LogP contribution in [0.3, 0.4) is 0 Å². The van der Waals surface area contributed by atoms with Crippen LogP contribution in [-0.4, -0.2) is 49.9 Å². The van der Waals surface area contributed by atoms with Crippen molar-refractivity contribution in [2.45, 2.75) is 13.8 Å². The number of nitrogens with one attached hydrogen (secondary N) is 1. The Hall–Kier alpha value is -3.75. The molecule has 0 fully saturated rings. The summed E-state index contributed by atoms with van der Waals surface area (Å²) in [7, 11) is 0. The minimum absolute atomic E-state index is 0.164. The van der Waals surface area contributed by atoms with Gasteiger partial charge in [0.25, 0.3) is 5.91 Å². The van der Waals surface area contributed by atoms with Gasteiger partial charge in [0.2, 0.25) is 0 Å². The topological polar surface area (TPSA) is 119 Å². The van der Waals surface area contributed by atoms with Crippen LogP contribution in [0.1, 0.15) is 23.0 Å². The Bertz CT molecular complexity index is 1000. The predicted molar refractivity (Wildman–Crippen MR) is 100.0 cm³/mol. The number of hydrogen-bond donors (Lipinski definition) is 2. The molecule has 144 valence electrons. The van der Waals surface area contributed by atoms with Crippen LogP contribution < -0.4 is 5.32 Å². The number of hydrogen-bond acceptors (Lipinski definition) is 7. The van der Waals surface area contributed by atoms with Crippen LogP contribution in [-0.2, 0) is 9.53 Å². The monoisotopic (exact) mass is 381 g/mol. The fourth-order valence-corrected chi connectivity index (χ4v) is 2.57. The summed E-state index contributed by atoms with van der Waals surface area (Å²) in [6, 6.07) is 5.48. The summed E-state index contributed by atoms with van der Waals surface area (Å²) in [5.41, 5.74) is 1.64. The molecule has 0 aromatic carbocycles. The molecule has 2 N–H and O–H groups in total. The zero-order chi connectivity index (χ0) is 20.1. The second-order valence-corrected chi connectivity index (χ2v) is 5.84. The van der Waals surface area contributed by atoms with Crippen molar-refractivity contribution in [1.82, 2.24) is 25.1 Å². The highest BCUT2D eigenvalue weighted by Gasteiger charge is 2.19. The van der Waals surface area contributed by atoms with Crippen molar-refractivity contribution in [3.8, 4) is 22.7 Å². The molecule has 9 nitrogen and oxygen atoms in total. The van der Waals surface area contributed by atoms with Gasteiger partial charge in [0.1, 0.15) is 12.3 Å². The first-order valence-corrected chi connectivity index (χ1v) is 8.60. The Labute approximate surface area is 161 Å². The molecule has 0 saturated heterocycles. The first kappa shape index (κ1) is 19.0. The van der Waals surface area contributed by atoms with Gasteiger partial charge in [-0.15, -0.1) is 0 Å². The minimum Gasteiger partial charge on any atom is -0.505 e. The van der Waals surface area contributed by atoms with Gasteiger partial charge in [0.15, 0.2) is 11.5 Å². The molecule has 28 heavy (non-hydrogen) atoms. The highest BCUT2D eigenvalue weighted by Crippen LogP contribution is 2.30. The molecule has 0 spiro atoms. The van der Waals surface area contributed by atoms with Crippen molar-refractivity contribution in [2.75, 3.05) is 13.2 Å². The molecule has 3 heterocycles. The number of carbonyl (C=O) groups is 2. The van der Waals surface area contributed by atoms with E-state index in [1.807, 2.05) is 18.2 Å². The zero-order valence-electron chi connectivity index (χ0n) is 15.4. The van der Waals surface area contributed by atoms with E-state index in [4.69, 9.17) is 4.74 Å². The molecule has 3 rings (SSSR count). The maximum Gasteiger partial charge on any atom is 0.325 e. The first-order valence-electron chi connectivity index (χ1n) is 8.60. The van der Waals surface area contributed by atoms with Gasteiger partial charge in [-0.1, -0.05) is 6.07 Å². The molecule has 0 aliphatic rings. The van der Waals surface area contributed by atoms with Crippen molar-refractivity contribution in [2.24, 2.45) is 0 Å². The zero-order valence-corrected chi connectivity index (χ0v) is 15.4. The third-order valence-corrected chi connectivity index (χ3v) is 4.00. The predicted octanol–water partition coefficient (Wildman–Crippen LogP) is 1.64. The Morgan fingerprint density at radius 3 is 2.79 bits per heavy atom. The normalized spacial score (nSPS) is 10.5. The van der Waals surface area contributed by atoms with Crippen molar-refractivity contribution in [3.05, 3.63) is 54.2 Å². The summed E-state index contributed by atoms with van der Waals surface area (Å²) in [6.45, 7) is 3.27. The van der Waals surface area contributed by atoms with Gasteiger partial charge in [-0.25, -0.2) is 14.6 Å². The summed E-state index contributed by atoms with van der Waals surface area (Å²) in [6.07, 6.45) is 6.53. The van der Waals surface area contributed by atoms with E-state index in [0.29, 0.717) is 22.5 Å². The van der Waals surface area contributed by atoms with Crippen LogP contribution >= 0.6 is 0 Å². The quantitative estimate of drug-likeness (QED) is 0.623. The molecule has 1 amide bonds. The standard InChI is InChI=1S/C19H19N5O4/c1-3-28-16(25)10-22-19(27)17-18(26)12(2)14(9-21-17)13-8-23-24(11-13)15-6-4-5-7-20-15/h4-9,11,26H,3,10H2,1-2H3,(H,22,27). The molecular formula is C19H19N5O4. The number of aromatic hydroxyl groups is 1. The average Bonchev–Trinajstić information content (AvgIpc) is 3.19. The summed E-state index contributed by atoms with van der Waals surface area (Å²) in [5, 5.41) is 17.1. The van der Waals surface area contributed by atoms with E-state index >= 15 is 0 Å². The summed E-state index contributed by atoms with van der Waals surface area (Å²) >= 11 is 0. The van der Waals surface area contributed by atoms with Crippen molar-refractivity contribution >= 4 is 11.9 Å². The molecular weight excluding hydrogens is 362 g/mol. The number of ether oxygens (including phenoxy) is 1. The van der Waals surface area contributed by atoms with Crippen LogP contribution in [0, 0.1) is 6.92 Å². The van der Waals surface area contributed by atoms with Gasteiger partial charge in [-0.3, -0.25) is 9.59 Å². The fraction of sp³-hybridized carbons (Fsp3) is 0.211. The lowest BCUT2D eigenvalue weighted by atomic mass is 10.0. The fourth-order valence-electron chi connectivity index (χ4n) is 2.57. The van der Waals surface area contributed by atoms with Crippen LogP contribution in [0.15, 0.2) is 43.0 Å².